The molecule has 21 heavy (non-hydrogen) atoms. The Bertz CT molecular complexity index is 469. The zero-order chi connectivity index (χ0) is 16.0. The molecule has 1 aromatic heterocycles. The fourth-order valence-corrected chi connectivity index (χ4v) is 1.93. The number of aromatic nitrogens is 2. The molecule has 0 saturated carbocycles. The SMILES string of the molecule is CC(C)Oc1ccnc(NCC(CC(C)(C)C)C(=O)O)n1. The highest BCUT2D eigenvalue weighted by atomic mass is 16.5. The Balaban J connectivity index is 2.65. The Morgan fingerprint density at radius 1 is 1.43 bits per heavy atom. The van der Waals surface area contributed by atoms with Crippen LogP contribution in [0.3, 0.4) is 0 Å². The molecule has 118 valence electrons. The minimum absolute atomic E-state index is 0.0282. The molecule has 0 bridgehead atoms. The number of carboxylic acids is 1. The highest BCUT2D eigenvalue weighted by Crippen LogP contribution is 2.24. The van der Waals surface area contributed by atoms with Crippen molar-refractivity contribution >= 4 is 11.9 Å². The van der Waals surface area contributed by atoms with Gasteiger partial charge in [0.25, 0.3) is 0 Å². The van der Waals surface area contributed by atoms with Gasteiger partial charge in [-0.2, -0.15) is 4.98 Å². The van der Waals surface area contributed by atoms with Crippen LogP contribution >= 0.6 is 0 Å². The number of anilines is 1. The van der Waals surface area contributed by atoms with E-state index < -0.39 is 11.9 Å². The second-order valence-electron chi connectivity index (χ2n) is 6.57. The molecule has 0 amide bonds. The van der Waals surface area contributed by atoms with E-state index in [1.807, 2.05) is 34.6 Å². The van der Waals surface area contributed by atoms with Gasteiger partial charge in [0, 0.05) is 18.8 Å². The van der Waals surface area contributed by atoms with Crippen LogP contribution in [0, 0.1) is 11.3 Å². The van der Waals surface area contributed by atoms with Crippen molar-refractivity contribution in [3.05, 3.63) is 12.3 Å². The van der Waals surface area contributed by atoms with Crippen LogP contribution < -0.4 is 10.1 Å². The van der Waals surface area contributed by atoms with Gasteiger partial charge in [-0.3, -0.25) is 4.79 Å². The first-order valence-corrected chi connectivity index (χ1v) is 7.14. The Hall–Kier alpha value is -1.85. The quantitative estimate of drug-likeness (QED) is 0.804. The minimum atomic E-state index is -0.813. The van der Waals surface area contributed by atoms with E-state index in [0.29, 0.717) is 18.2 Å². The molecule has 1 rings (SSSR count). The van der Waals surface area contributed by atoms with E-state index in [1.54, 1.807) is 12.3 Å². The Morgan fingerprint density at radius 3 is 2.62 bits per heavy atom. The molecule has 1 unspecified atom stereocenters. The van der Waals surface area contributed by atoms with E-state index in [0.717, 1.165) is 0 Å². The maximum absolute atomic E-state index is 11.3. The summed E-state index contributed by atoms with van der Waals surface area (Å²) in [5.74, 6) is -0.436. The molecule has 0 spiro atoms. The largest absolute Gasteiger partial charge is 0.481 e. The number of aliphatic carboxylic acids is 1. The van der Waals surface area contributed by atoms with Gasteiger partial charge in [0.1, 0.15) is 0 Å². The number of rotatable bonds is 7. The van der Waals surface area contributed by atoms with Crippen molar-refractivity contribution in [3.63, 3.8) is 0 Å². The number of hydrogen-bond acceptors (Lipinski definition) is 5. The van der Waals surface area contributed by atoms with E-state index in [4.69, 9.17) is 4.74 Å². The molecule has 6 nitrogen and oxygen atoms in total. The summed E-state index contributed by atoms with van der Waals surface area (Å²) in [6.45, 7) is 10.2. The maximum Gasteiger partial charge on any atom is 0.308 e. The topological polar surface area (TPSA) is 84.3 Å². The molecular formula is C15H25N3O3. The minimum Gasteiger partial charge on any atom is -0.481 e. The fraction of sp³-hybridized carbons (Fsp3) is 0.667. The lowest BCUT2D eigenvalue weighted by Crippen LogP contribution is -2.28. The van der Waals surface area contributed by atoms with E-state index in [1.165, 1.54) is 0 Å². The second-order valence-corrected chi connectivity index (χ2v) is 6.57. The molecule has 0 aliphatic rings. The van der Waals surface area contributed by atoms with Crippen LogP contribution in [0.25, 0.3) is 0 Å². The Kier molecular flexibility index (Phi) is 5.93. The first kappa shape index (κ1) is 17.2. The third kappa shape index (κ3) is 6.92. The van der Waals surface area contributed by atoms with E-state index >= 15 is 0 Å². The van der Waals surface area contributed by atoms with Crippen LogP contribution in [0.2, 0.25) is 0 Å². The average molecular weight is 295 g/mol. The summed E-state index contributed by atoms with van der Waals surface area (Å²) in [5, 5.41) is 12.3. The summed E-state index contributed by atoms with van der Waals surface area (Å²) < 4.78 is 5.48. The third-order valence-corrected chi connectivity index (χ3v) is 2.70. The predicted molar refractivity (Wildman–Crippen MR) is 81.5 cm³/mol. The molecular weight excluding hydrogens is 270 g/mol. The highest BCUT2D eigenvalue weighted by molar-refractivity contribution is 5.70. The zero-order valence-electron chi connectivity index (χ0n) is 13.4. The van der Waals surface area contributed by atoms with Gasteiger partial charge in [0.15, 0.2) is 0 Å². The summed E-state index contributed by atoms with van der Waals surface area (Å²) in [5.41, 5.74) is -0.0474. The van der Waals surface area contributed by atoms with E-state index in [-0.39, 0.29) is 18.1 Å². The fourth-order valence-electron chi connectivity index (χ4n) is 1.93. The van der Waals surface area contributed by atoms with Crippen molar-refractivity contribution < 1.29 is 14.6 Å². The summed E-state index contributed by atoms with van der Waals surface area (Å²) in [6.07, 6.45) is 2.20. The Morgan fingerprint density at radius 2 is 2.10 bits per heavy atom. The molecule has 0 aliphatic heterocycles. The van der Waals surface area contributed by atoms with Crippen LogP contribution in [0.15, 0.2) is 12.3 Å². The lowest BCUT2D eigenvalue weighted by Gasteiger charge is -2.23. The average Bonchev–Trinajstić information content (AvgIpc) is 2.32. The Labute approximate surface area is 126 Å². The van der Waals surface area contributed by atoms with Crippen molar-refractivity contribution in [2.24, 2.45) is 11.3 Å². The maximum atomic E-state index is 11.3. The first-order chi connectivity index (χ1) is 9.67. The monoisotopic (exact) mass is 295 g/mol. The summed E-state index contributed by atoms with van der Waals surface area (Å²) in [4.78, 5) is 19.6. The van der Waals surface area contributed by atoms with Gasteiger partial charge in [-0.1, -0.05) is 20.8 Å². The van der Waals surface area contributed by atoms with Gasteiger partial charge in [-0.05, 0) is 25.7 Å². The molecule has 0 saturated heterocycles. The van der Waals surface area contributed by atoms with E-state index in [9.17, 15) is 9.90 Å². The zero-order valence-corrected chi connectivity index (χ0v) is 13.4. The number of hydrogen-bond donors (Lipinski definition) is 2. The first-order valence-electron chi connectivity index (χ1n) is 7.14. The van der Waals surface area contributed by atoms with Crippen LogP contribution in [0.5, 0.6) is 5.88 Å². The van der Waals surface area contributed by atoms with Crippen LogP contribution in [0.1, 0.15) is 41.0 Å². The van der Waals surface area contributed by atoms with Crippen LogP contribution in [0.4, 0.5) is 5.95 Å². The molecule has 2 N–H and O–H groups in total. The molecule has 0 radical (unpaired) electrons. The van der Waals surface area contributed by atoms with Crippen LogP contribution in [-0.2, 0) is 4.79 Å². The van der Waals surface area contributed by atoms with Crippen molar-refractivity contribution in [3.8, 4) is 5.88 Å². The molecule has 6 heteroatoms. The number of carbonyl (C=O) groups is 1. The van der Waals surface area contributed by atoms with Gasteiger partial charge in [-0.25, -0.2) is 4.98 Å². The molecule has 0 fully saturated rings. The molecule has 0 aliphatic carbocycles. The predicted octanol–water partition coefficient (Wildman–Crippen LogP) is 2.81. The van der Waals surface area contributed by atoms with Crippen molar-refractivity contribution in [1.29, 1.82) is 0 Å². The summed E-state index contributed by atoms with van der Waals surface area (Å²) >= 11 is 0. The number of nitrogens with zero attached hydrogens (tertiary/aromatic N) is 2. The smallest absolute Gasteiger partial charge is 0.308 e. The van der Waals surface area contributed by atoms with Gasteiger partial charge >= 0.3 is 5.97 Å². The number of ether oxygens (including phenoxy) is 1. The van der Waals surface area contributed by atoms with Gasteiger partial charge in [-0.15, -0.1) is 0 Å². The second kappa shape index (κ2) is 7.24. The lowest BCUT2D eigenvalue weighted by atomic mass is 9.84. The highest BCUT2D eigenvalue weighted by Gasteiger charge is 2.24. The summed E-state index contributed by atoms with van der Waals surface area (Å²) in [7, 11) is 0. The van der Waals surface area contributed by atoms with Crippen molar-refractivity contribution in [2.45, 2.75) is 47.1 Å². The standard InChI is InChI=1S/C15H25N3O3/c1-10(2)21-12-6-7-16-14(18-12)17-9-11(13(19)20)8-15(3,4)5/h6-7,10-11H,8-9H2,1-5H3,(H,19,20)(H,16,17,18). The van der Waals surface area contributed by atoms with Gasteiger partial charge in [0.2, 0.25) is 11.8 Å². The van der Waals surface area contributed by atoms with E-state index in [2.05, 4.69) is 15.3 Å². The molecule has 1 atom stereocenters. The molecule has 0 aromatic carbocycles. The number of nitrogens with one attached hydrogen (secondary N) is 1. The van der Waals surface area contributed by atoms with Crippen molar-refractivity contribution in [2.75, 3.05) is 11.9 Å². The lowest BCUT2D eigenvalue weighted by molar-refractivity contribution is -0.142. The third-order valence-electron chi connectivity index (χ3n) is 2.70. The van der Waals surface area contributed by atoms with Crippen molar-refractivity contribution in [1.82, 2.24) is 9.97 Å². The number of carboxylic acid groups (broad SMARTS) is 1. The normalized spacial score (nSPS) is 13.0. The van der Waals surface area contributed by atoms with Crippen LogP contribution in [-0.4, -0.2) is 33.7 Å². The van der Waals surface area contributed by atoms with Gasteiger partial charge in [0.05, 0.1) is 12.0 Å². The van der Waals surface area contributed by atoms with Gasteiger partial charge < -0.3 is 15.2 Å². The molecule has 1 heterocycles. The summed E-state index contributed by atoms with van der Waals surface area (Å²) in [6, 6.07) is 1.68. The molecule has 1 aromatic rings.